The Morgan fingerprint density at radius 3 is 2.72 bits per heavy atom. The molecule has 1 atom stereocenters. The molecule has 1 heterocycles. The molecule has 3 heteroatoms. The SMILES string of the molecule is CCC(NC)c1ccn(CCOCCC(C)C)c1. The van der Waals surface area contributed by atoms with Crippen molar-refractivity contribution in [3.8, 4) is 0 Å². The van der Waals surface area contributed by atoms with Crippen LogP contribution in [0.1, 0.15) is 45.2 Å². The van der Waals surface area contributed by atoms with Crippen LogP contribution in [0.2, 0.25) is 0 Å². The molecule has 3 nitrogen and oxygen atoms in total. The van der Waals surface area contributed by atoms with Gasteiger partial charge in [-0.3, -0.25) is 0 Å². The van der Waals surface area contributed by atoms with Crippen molar-refractivity contribution in [1.82, 2.24) is 9.88 Å². The monoisotopic (exact) mass is 252 g/mol. The highest BCUT2D eigenvalue weighted by atomic mass is 16.5. The second kappa shape index (κ2) is 8.33. The van der Waals surface area contributed by atoms with Crippen LogP contribution in [-0.2, 0) is 11.3 Å². The Kier molecular flexibility index (Phi) is 7.06. The molecule has 0 spiro atoms. The lowest BCUT2D eigenvalue weighted by Crippen LogP contribution is -2.14. The Labute approximate surface area is 112 Å². The molecule has 0 radical (unpaired) electrons. The summed E-state index contributed by atoms with van der Waals surface area (Å²) in [7, 11) is 2.01. The molecule has 1 aromatic rings. The first-order chi connectivity index (χ1) is 8.67. The highest BCUT2D eigenvalue weighted by Gasteiger charge is 2.07. The fraction of sp³-hybridized carbons (Fsp3) is 0.733. The van der Waals surface area contributed by atoms with Gasteiger partial charge in [0.05, 0.1) is 6.61 Å². The first kappa shape index (κ1) is 15.3. The Morgan fingerprint density at radius 1 is 1.33 bits per heavy atom. The average Bonchev–Trinajstić information content (AvgIpc) is 2.79. The predicted molar refractivity (Wildman–Crippen MR) is 76.8 cm³/mol. The van der Waals surface area contributed by atoms with E-state index in [2.05, 4.69) is 49.1 Å². The second-order valence-corrected chi connectivity index (χ2v) is 5.23. The van der Waals surface area contributed by atoms with E-state index in [-0.39, 0.29) is 0 Å². The third kappa shape index (κ3) is 5.23. The average molecular weight is 252 g/mol. The molecule has 0 saturated carbocycles. The molecule has 1 unspecified atom stereocenters. The van der Waals surface area contributed by atoms with Gasteiger partial charge < -0.3 is 14.6 Å². The van der Waals surface area contributed by atoms with Gasteiger partial charge in [-0.2, -0.15) is 0 Å². The van der Waals surface area contributed by atoms with E-state index < -0.39 is 0 Å². The lowest BCUT2D eigenvalue weighted by atomic mass is 10.1. The largest absolute Gasteiger partial charge is 0.380 e. The van der Waals surface area contributed by atoms with Gasteiger partial charge in [0.25, 0.3) is 0 Å². The highest BCUT2D eigenvalue weighted by Crippen LogP contribution is 2.16. The van der Waals surface area contributed by atoms with Gasteiger partial charge in [-0.15, -0.1) is 0 Å². The number of hydrogen-bond acceptors (Lipinski definition) is 2. The minimum atomic E-state index is 0.466. The lowest BCUT2D eigenvalue weighted by molar-refractivity contribution is 0.116. The van der Waals surface area contributed by atoms with Gasteiger partial charge in [-0.1, -0.05) is 20.8 Å². The Hall–Kier alpha value is -0.800. The van der Waals surface area contributed by atoms with Crippen molar-refractivity contribution < 1.29 is 4.74 Å². The number of nitrogens with zero attached hydrogens (tertiary/aromatic N) is 1. The molecule has 0 aliphatic rings. The van der Waals surface area contributed by atoms with E-state index in [4.69, 9.17) is 4.74 Å². The van der Waals surface area contributed by atoms with Crippen molar-refractivity contribution in [1.29, 1.82) is 0 Å². The number of hydrogen-bond donors (Lipinski definition) is 1. The van der Waals surface area contributed by atoms with Crippen molar-refractivity contribution in [3.05, 3.63) is 24.0 Å². The first-order valence-electron chi connectivity index (χ1n) is 7.08. The zero-order valence-corrected chi connectivity index (χ0v) is 12.3. The summed E-state index contributed by atoms with van der Waals surface area (Å²) in [5, 5.41) is 3.33. The van der Waals surface area contributed by atoms with Gasteiger partial charge in [0.15, 0.2) is 0 Å². The van der Waals surface area contributed by atoms with E-state index in [1.807, 2.05) is 7.05 Å². The molecule has 1 rings (SSSR count). The molecule has 0 aromatic carbocycles. The van der Waals surface area contributed by atoms with Crippen molar-refractivity contribution in [2.24, 2.45) is 5.92 Å². The van der Waals surface area contributed by atoms with E-state index >= 15 is 0 Å². The zero-order valence-electron chi connectivity index (χ0n) is 12.3. The fourth-order valence-electron chi connectivity index (χ4n) is 2.00. The van der Waals surface area contributed by atoms with Crippen LogP contribution in [-0.4, -0.2) is 24.8 Å². The summed E-state index contributed by atoms with van der Waals surface area (Å²) in [6, 6.07) is 2.66. The zero-order chi connectivity index (χ0) is 13.4. The molecule has 18 heavy (non-hydrogen) atoms. The van der Waals surface area contributed by atoms with Gasteiger partial charge in [0, 0.05) is 31.6 Å². The quantitative estimate of drug-likeness (QED) is 0.683. The topological polar surface area (TPSA) is 26.2 Å². The lowest BCUT2D eigenvalue weighted by Gasteiger charge is -2.11. The van der Waals surface area contributed by atoms with Crippen LogP contribution in [0.3, 0.4) is 0 Å². The first-order valence-corrected chi connectivity index (χ1v) is 7.08. The minimum absolute atomic E-state index is 0.466. The summed E-state index contributed by atoms with van der Waals surface area (Å²) in [6.07, 6.45) is 6.62. The molecule has 0 amide bonds. The Bertz CT molecular complexity index is 316. The van der Waals surface area contributed by atoms with E-state index in [0.717, 1.165) is 38.5 Å². The Balaban J connectivity index is 2.27. The Morgan fingerprint density at radius 2 is 2.11 bits per heavy atom. The van der Waals surface area contributed by atoms with Crippen LogP contribution in [0.4, 0.5) is 0 Å². The number of nitrogens with one attached hydrogen (secondary N) is 1. The maximum Gasteiger partial charge on any atom is 0.0645 e. The fourth-order valence-corrected chi connectivity index (χ4v) is 2.00. The summed E-state index contributed by atoms with van der Waals surface area (Å²) in [6.45, 7) is 9.28. The molecule has 0 bridgehead atoms. The molecular weight excluding hydrogens is 224 g/mol. The van der Waals surface area contributed by atoms with Crippen molar-refractivity contribution in [2.75, 3.05) is 20.3 Å². The molecule has 1 N–H and O–H groups in total. The van der Waals surface area contributed by atoms with Crippen molar-refractivity contribution >= 4 is 0 Å². The summed E-state index contributed by atoms with van der Waals surface area (Å²) in [5.41, 5.74) is 1.36. The van der Waals surface area contributed by atoms with Crippen LogP contribution in [0.15, 0.2) is 18.5 Å². The smallest absolute Gasteiger partial charge is 0.0645 e. The van der Waals surface area contributed by atoms with E-state index in [0.29, 0.717) is 6.04 Å². The summed E-state index contributed by atoms with van der Waals surface area (Å²) in [4.78, 5) is 0. The van der Waals surface area contributed by atoms with Crippen molar-refractivity contribution in [3.63, 3.8) is 0 Å². The predicted octanol–water partition coefficient (Wildman–Crippen LogP) is 3.22. The normalized spacial score (nSPS) is 13.2. The van der Waals surface area contributed by atoms with Crippen LogP contribution < -0.4 is 5.32 Å². The van der Waals surface area contributed by atoms with Gasteiger partial charge in [-0.25, -0.2) is 0 Å². The minimum Gasteiger partial charge on any atom is -0.380 e. The van der Waals surface area contributed by atoms with Crippen molar-refractivity contribution in [2.45, 2.75) is 46.2 Å². The molecule has 104 valence electrons. The second-order valence-electron chi connectivity index (χ2n) is 5.23. The van der Waals surface area contributed by atoms with Crippen LogP contribution in [0.5, 0.6) is 0 Å². The van der Waals surface area contributed by atoms with Gasteiger partial charge in [0.2, 0.25) is 0 Å². The van der Waals surface area contributed by atoms with Crippen LogP contribution >= 0.6 is 0 Å². The molecule has 0 aliphatic carbocycles. The van der Waals surface area contributed by atoms with Crippen LogP contribution in [0.25, 0.3) is 0 Å². The molecule has 0 fully saturated rings. The summed E-state index contributed by atoms with van der Waals surface area (Å²) < 4.78 is 7.85. The van der Waals surface area contributed by atoms with Gasteiger partial charge >= 0.3 is 0 Å². The maximum absolute atomic E-state index is 5.63. The summed E-state index contributed by atoms with van der Waals surface area (Å²) in [5.74, 6) is 0.726. The van der Waals surface area contributed by atoms with Gasteiger partial charge in [-0.05, 0) is 37.4 Å². The van der Waals surface area contributed by atoms with E-state index in [1.54, 1.807) is 0 Å². The third-order valence-corrected chi connectivity index (χ3v) is 3.27. The number of ether oxygens (including phenoxy) is 1. The van der Waals surface area contributed by atoms with E-state index in [1.165, 1.54) is 5.56 Å². The summed E-state index contributed by atoms with van der Waals surface area (Å²) >= 11 is 0. The number of rotatable bonds is 9. The standard InChI is InChI=1S/C15H28N2O/c1-5-15(16-4)14-6-8-17(12-14)9-11-18-10-7-13(2)3/h6,8,12-13,15-16H,5,7,9-11H2,1-4H3. The molecular formula is C15H28N2O. The molecule has 1 aromatic heterocycles. The van der Waals surface area contributed by atoms with Gasteiger partial charge in [0.1, 0.15) is 0 Å². The number of aromatic nitrogens is 1. The molecule has 0 aliphatic heterocycles. The third-order valence-electron chi connectivity index (χ3n) is 3.27. The molecule has 0 saturated heterocycles. The van der Waals surface area contributed by atoms with Crippen LogP contribution in [0, 0.1) is 5.92 Å². The van der Waals surface area contributed by atoms with E-state index in [9.17, 15) is 0 Å². The highest BCUT2D eigenvalue weighted by molar-refractivity contribution is 5.15. The maximum atomic E-state index is 5.63.